The normalized spacial score (nSPS) is 22.2. The molecule has 2 amide bonds. The van der Waals surface area contributed by atoms with Gasteiger partial charge in [-0.2, -0.15) is 4.31 Å². The number of sulfonamides is 1. The molecule has 3 heterocycles. The maximum Gasteiger partial charge on any atom is 0.252 e. The van der Waals surface area contributed by atoms with Crippen LogP contribution in [0.2, 0.25) is 0 Å². The number of amides is 2. The minimum absolute atomic E-state index is 0.129. The van der Waals surface area contributed by atoms with Gasteiger partial charge in [-0.15, -0.1) is 11.3 Å². The van der Waals surface area contributed by atoms with Crippen LogP contribution in [-0.2, 0) is 19.6 Å². The van der Waals surface area contributed by atoms with Crippen molar-refractivity contribution >= 4 is 38.9 Å². The lowest BCUT2D eigenvalue weighted by molar-refractivity contribution is -0.123. The van der Waals surface area contributed by atoms with E-state index < -0.39 is 16.1 Å². The van der Waals surface area contributed by atoms with E-state index in [-0.39, 0.29) is 18.2 Å². The van der Waals surface area contributed by atoms with E-state index in [1.54, 1.807) is 29.6 Å². The number of imide groups is 1. The fourth-order valence-corrected chi connectivity index (χ4v) is 6.23. The molecule has 0 N–H and O–H groups in total. The number of thiophene rings is 1. The maximum absolute atomic E-state index is 12.9. The molecule has 0 aliphatic carbocycles. The summed E-state index contributed by atoms with van der Waals surface area (Å²) < 4.78 is 27.1. The molecule has 0 spiro atoms. The molecule has 0 radical (unpaired) electrons. The zero-order valence-corrected chi connectivity index (χ0v) is 17.1. The van der Waals surface area contributed by atoms with Crippen molar-refractivity contribution in [2.24, 2.45) is 0 Å². The molecule has 0 bridgehead atoms. The van der Waals surface area contributed by atoms with Crippen LogP contribution in [0, 0.1) is 6.92 Å². The number of anilines is 1. The monoisotopic (exact) mass is 419 g/mol. The number of nitrogens with zero attached hydrogens (tertiary/aromatic N) is 3. The lowest BCUT2D eigenvalue weighted by Gasteiger charge is -2.36. The van der Waals surface area contributed by atoms with Crippen molar-refractivity contribution in [3.8, 4) is 0 Å². The minimum Gasteiger partial charge on any atom is -0.289 e. The molecule has 9 heteroatoms. The van der Waals surface area contributed by atoms with Crippen LogP contribution < -0.4 is 4.90 Å². The van der Waals surface area contributed by atoms with Gasteiger partial charge in [0.25, 0.3) is 15.9 Å². The number of carbonyl (C=O) groups is 2. The van der Waals surface area contributed by atoms with Crippen LogP contribution in [0.1, 0.15) is 12.0 Å². The van der Waals surface area contributed by atoms with Crippen molar-refractivity contribution in [3.63, 3.8) is 0 Å². The Morgan fingerprint density at radius 3 is 2.29 bits per heavy atom. The van der Waals surface area contributed by atoms with Crippen molar-refractivity contribution in [1.29, 1.82) is 0 Å². The second kappa shape index (κ2) is 7.40. The molecule has 0 saturated carbocycles. The van der Waals surface area contributed by atoms with E-state index in [9.17, 15) is 18.0 Å². The van der Waals surface area contributed by atoms with E-state index in [1.807, 2.05) is 24.0 Å². The van der Waals surface area contributed by atoms with E-state index >= 15 is 0 Å². The summed E-state index contributed by atoms with van der Waals surface area (Å²) in [6, 6.07) is 10.1. The van der Waals surface area contributed by atoms with Gasteiger partial charge in [0.15, 0.2) is 0 Å². The highest BCUT2D eigenvalue weighted by atomic mass is 32.2. The van der Waals surface area contributed by atoms with Gasteiger partial charge in [-0.1, -0.05) is 23.8 Å². The fourth-order valence-electron chi connectivity index (χ4n) is 3.66. The second-order valence-electron chi connectivity index (χ2n) is 6.99. The number of rotatable bonds is 4. The Balaban J connectivity index is 1.45. The first-order valence-electron chi connectivity index (χ1n) is 9.09. The van der Waals surface area contributed by atoms with Gasteiger partial charge in [0.1, 0.15) is 4.21 Å². The van der Waals surface area contributed by atoms with Crippen LogP contribution in [0.5, 0.6) is 0 Å². The van der Waals surface area contributed by atoms with Crippen LogP contribution in [0.4, 0.5) is 5.69 Å². The fraction of sp³-hybridized carbons (Fsp3) is 0.368. The summed E-state index contributed by atoms with van der Waals surface area (Å²) in [6.45, 7) is 3.42. The van der Waals surface area contributed by atoms with E-state index in [0.29, 0.717) is 36.1 Å². The van der Waals surface area contributed by atoms with Gasteiger partial charge in [-0.3, -0.25) is 14.5 Å². The average molecular weight is 420 g/mol. The van der Waals surface area contributed by atoms with Crippen LogP contribution in [-0.4, -0.2) is 61.7 Å². The first-order valence-corrected chi connectivity index (χ1v) is 11.4. The van der Waals surface area contributed by atoms with Gasteiger partial charge in [-0.25, -0.2) is 13.3 Å². The topological polar surface area (TPSA) is 78.0 Å². The summed E-state index contributed by atoms with van der Waals surface area (Å²) in [7, 11) is -3.48. The SMILES string of the molecule is Cc1ccc(N2C(=O)C[C@@H](N3CCN(S(=O)(=O)c4cccs4)CC3)C2=O)cc1. The van der Waals surface area contributed by atoms with Gasteiger partial charge in [0, 0.05) is 26.2 Å². The van der Waals surface area contributed by atoms with Gasteiger partial charge < -0.3 is 0 Å². The molecule has 7 nitrogen and oxygen atoms in total. The third-order valence-electron chi connectivity index (χ3n) is 5.22. The van der Waals surface area contributed by atoms with Crippen molar-refractivity contribution in [1.82, 2.24) is 9.21 Å². The van der Waals surface area contributed by atoms with Crippen molar-refractivity contribution in [2.45, 2.75) is 23.6 Å². The first kappa shape index (κ1) is 19.3. The number of benzene rings is 1. The zero-order valence-electron chi connectivity index (χ0n) is 15.4. The first-order chi connectivity index (χ1) is 13.4. The number of hydrogen-bond acceptors (Lipinski definition) is 6. The lowest BCUT2D eigenvalue weighted by Crippen LogP contribution is -2.53. The van der Waals surface area contributed by atoms with Crippen LogP contribution in [0.25, 0.3) is 0 Å². The Morgan fingerprint density at radius 1 is 1.00 bits per heavy atom. The molecular formula is C19H21N3O4S2. The third kappa shape index (κ3) is 3.39. The minimum atomic E-state index is -3.48. The summed E-state index contributed by atoms with van der Waals surface area (Å²) >= 11 is 1.20. The quantitative estimate of drug-likeness (QED) is 0.705. The van der Waals surface area contributed by atoms with Crippen molar-refractivity contribution in [3.05, 3.63) is 47.3 Å². The van der Waals surface area contributed by atoms with E-state index in [4.69, 9.17) is 0 Å². The Morgan fingerprint density at radius 2 is 1.68 bits per heavy atom. The van der Waals surface area contributed by atoms with Gasteiger partial charge in [0.05, 0.1) is 18.2 Å². The van der Waals surface area contributed by atoms with Crippen LogP contribution >= 0.6 is 11.3 Å². The Hall–Kier alpha value is -2.07. The summed E-state index contributed by atoms with van der Waals surface area (Å²) in [5.41, 5.74) is 1.64. The summed E-state index contributed by atoms with van der Waals surface area (Å²) in [5, 5.41) is 1.74. The molecule has 1 atom stereocenters. The van der Waals surface area contributed by atoms with Crippen LogP contribution in [0.15, 0.2) is 46.0 Å². The molecular weight excluding hydrogens is 398 g/mol. The molecule has 28 heavy (non-hydrogen) atoms. The van der Waals surface area contributed by atoms with Crippen LogP contribution in [0.3, 0.4) is 0 Å². The molecule has 2 fully saturated rings. The van der Waals surface area contributed by atoms with E-state index in [0.717, 1.165) is 5.56 Å². The Labute approximate surface area is 168 Å². The maximum atomic E-state index is 12.9. The Kier molecular flexibility index (Phi) is 5.09. The predicted octanol–water partition coefficient (Wildman–Crippen LogP) is 1.69. The highest BCUT2D eigenvalue weighted by Crippen LogP contribution is 2.28. The zero-order chi connectivity index (χ0) is 19.9. The number of hydrogen-bond donors (Lipinski definition) is 0. The average Bonchev–Trinajstić information content (AvgIpc) is 3.32. The molecule has 1 aromatic carbocycles. The summed E-state index contributed by atoms with van der Waals surface area (Å²) in [4.78, 5) is 28.5. The Bertz CT molecular complexity index is 979. The third-order valence-corrected chi connectivity index (χ3v) is 8.49. The number of carbonyl (C=O) groups excluding carboxylic acids is 2. The number of piperazine rings is 1. The summed E-state index contributed by atoms with van der Waals surface area (Å²) in [6.07, 6.45) is 0.129. The highest BCUT2D eigenvalue weighted by Gasteiger charge is 2.44. The molecule has 2 aliphatic rings. The molecule has 2 saturated heterocycles. The summed E-state index contributed by atoms with van der Waals surface area (Å²) in [5.74, 6) is -0.448. The largest absolute Gasteiger partial charge is 0.289 e. The molecule has 2 aromatic rings. The lowest BCUT2D eigenvalue weighted by atomic mass is 10.2. The molecule has 0 unspecified atom stereocenters. The van der Waals surface area contributed by atoms with Gasteiger partial charge in [0.2, 0.25) is 5.91 Å². The number of aryl methyl sites for hydroxylation is 1. The molecule has 2 aliphatic heterocycles. The van der Waals surface area contributed by atoms with Gasteiger partial charge in [-0.05, 0) is 30.5 Å². The van der Waals surface area contributed by atoms with Crippen molar-refractivity contribution < 1.29 is 18.0 Å². The van der Waals surface area contributed by atoms with Crippen molar-refractivity contribution in [2.75, 3.05) is 31.1 Å². The molecule has 4 rings (SSSR count). The second-order valence-corrected chi connectivity index (χ2v) is 10.1. The van der Waals surface area contributed by atoms with E-state index in [2.05, 4.69) is 0 Å². The highest BCUT2D eigenvalue weighted by molar-refractivity contribution is 7.91. The molecule has 148 valence electrons. The standard InChI is InChI=1S/C19H21N3O4S2/c1-14-4-6-15(7-5-14)22-17(23)13-16(19(22)24)20-8-10-21(11-9-20)28(25,26)18-3-2-12-27-18/h2-7,12,16H,8-11,13H2,1H3/t16-/m1/s1. The smallest absolute Gasteiger partial charge is 0.252 e. The van der Waals surface area contributed by atoms with Gasteiger partial charge >= 0.3 is 0 Å². The predicted molar refractivity (Wildman–Crippen MR) is 107 cm³/mol. The molecule has 1 aromatic heterocycles. The van der Waals surface area contributed by atoms with E-state index in [1.165, 1.54) is 20.5 Å².